The zero-order chi connectivity index (χ0) is 14.0. The second-order valence-corrected chi connectivity index (χ2v) is 5.41. The highest BCUT2D eigenvalue weighted by Crippen LogP contribution is 2.30. The van der Waals surface area contributed by atoms with Crippen molar-refractivity contribution in [2.45, 2.75) is 25.9 Å². The van der Waals surface area contributed by atoms with Crippen LogP contribution in [0.25, 0.3) is 0 Å². The van der Waals surface area contributed by atoms with Crippen molar-refractivity contribution in [2.75, 3.05) is 0 Å². The SMILES string of the molecule is CC(C)n1ncc(Cl)c1C(NN)c1cccc(Cl)c1. The summed E-state index contributed by atoms with van der Waals surface area (Å²) < 4.78 is 1.85. The maximum absolute atomic E-state index is 6.24. The molecule has 0 saturated carbocycles. The molecule has 0 saturated heterocycles. The van der Waals surface area contributed by atoms with E-state index in [4.69, 9.17) is 29.0 Å². The van der Waals surface area contributed by atoms with Gasteiger partial charge in [-0.25, -0.2) is 5.43 Å². The van der Waals surface area contributed by atoms with Crippen molar-refractivity contribution in [1.29, 1.82) is 0 Å². The Hall–Kier alpha value is -1.07. The highest BCUT2D eigenvalue weighted by molar-refractivity contribution is 6.31. The van der Waals surface area contributed by atoms with E-state index >= 15 is 0 Å². The molecule has 3 N–H and O–H groups in total. The Bertz CT molecular complexity index is 566. The molecular weight excluding hydrogens is 283 g/mol. The van der Waals surface area contributed by atoms with E-state index in [0.717, 1.165) is 11.3 Å². The number of rotatable bonds is 4. The van der Waals surface area contributed by atoms with E-state index in [2.05, 4.69) is 10.5 Å². The van der Waals surface area contributed by atoms with Gasteiger partial charge in [0.05, 0.1) is 23.0 Å². The van der Waals surface area contributed by atoms with Crippen molar-refractivity contribution < 1.29 is 0 Å². The van der Waals surface area contributed by atoms with Crippen molar-refractivity contribution in [3.05, 3.63) is 51.8 Å². The van der Waals surface area contributed by atoms with Gasteiger partial charge < -0.3 is 0 Å². The lowest BCUT2D eigenvalue weighted by atomic mass is 10.0. The van der Waals surface area contributed by atoms with Gasteiger partial charge in [-0.2, -0.15) is 5.10 Å². The molecule has 0 radical (unpaired) electrons. The van der Waals surface area contributed by atoms with Gasteiger partial charge in [-0.1, -0.05) is 35.3 Å². The van der Waals surface area contributed by atoms with Crippen LogP contribution in [-0.4, -0.2) is 9.78 Å². The minimum atomic E-state index is -0.254. The first kappa shape index (κ1) is 14.3. The Morgan fingerprint density at radius 1 is 1.32 bits per heavy atom. The minimum Gasteiger partial charge on any atom is -0.271 e. The number of nitrogens with one attached hydrogen (secondary N) is 1. The standard InChI is InChI=1S/C13H16Cl2N4/c1-8(2)19-13(11(15)7-17-19)12(18-16)9-4-3-5-10(14)6-9/h3-8,12,18H,16H2,1-2H3. The number of hydrogen-bond acceptors (Lipinski definition) is 3. The number of hydrogen-bond donors (Lipinski definition) is 2. The molecule has 0 aliphatic carbocycles. The number of nitrogens with zero attached hydrogens (tertiary/aromatic N) is 2. The summed E-state index contributed by atoms with van der Waals surface area (Å²) in [4.78, 5) is 0. The molecule has 0 aliphatic rings. The fourth-order valence-corrected chi connectivity index (χ4v) is 2.49. The smallest absolute Gasteiger partial charge is 0.0894 e. The third kappa shape index (κ3) is 2.92. The van der Waals surface area contributed by atoms with E-state index in [1.54, 1.807) is 6.20 Å². The van der Waals surface area contributed by atoms with Crippen molar-refractivity contribution in [3.8, 4) is 0 Å². The van der Waals surface area contributed by atoms with E-state index in [1.807, 2.05) is 42.8 Å². The van der Waals surface area contributed by atoms with Crippen LogP contribution in [0.2, 0.25) is 10.0 Å². The lowest BCUT2D eigenvalue weighted by molar-refractivity contribution is 0.476. The van der Waals surface area contributed by atoms with Crippen LogP contribution in [0.15, 0.2) is 30.5 Å². The van der Waals surface area contributed by atoms with Crippen LogP contribution in [0.5, 0.6) is 0 Å². The second-order valence-electron chi connectivity index (χ2n) is 4.57. The van der Waals surface area contributed by atoms with Crippen LogP contribution in [-0.2, 0) is 0 Å². The molecule has 1 atom stereocenters. The molecule has 1 unspecified atom stereocenters. The first-order chi connectivity index (χ1) is 9.04. The largest absolute Gasteiger partial charge is 0.271 e. The molecule has 0 amide bonds. The molecule has 0 fully saturated rings. The van der Waals surface area contributed by atoms with Gasteiger partial charge in [-0.3, -0.25) is 10.5 Å². The van der Waals surface area contributed by atoms with Crippen LogP contribution in [0, 0.1) is 0 Å². The van der Waals surface area contributed by atoms with Gasteiger partial charge in [0, 0.05) is 11.1 Å². The molecule has 2 aromatic rings. The average Bonchev–Trinajstić information content (AvgIpc) is 2.73. The van der Waals surface area contributed by atoms with Gasteiger partial charge in [0.2, 0.25) is 0 Å². The molecule has 1 heterocycles. The van der Waals surface area contributed by atoms with Gasteiger partial charge in [0.1, 0.15) is 0 Å². The van der Waals surface area contributed by atoms with Crippen LogP contribution in [0.3, 0.4) is 0 Å². The van der Waals surface area contributed by atoms with Gasteiger partial charge in [0.25, 0.3) is 0 Å². The lowest BCUT2D eigenvalue weighted by Gasteiger charge is -2.20. The summed E-state index contributed by atoms with van der Waals surface area (Å²) in [5.74, 6) is 5.69. The van der Waals surface area contributed by atoms with Crippen LogP contribution in [0.1, 0.15) is 37.2 Å². The minimum absolute atomic E-state index is 0.192. The summed E-state index contributed by atoms with van der Waals surface area (Å²) in [6, 6.07) is 7.45. The Kier molecular flexibility index (Phi) is 4.47. The fourth-order valence-electron chi connectivity index (χ4n) is 2.05. The molecule has 0 spiro atoms. The molecular formula is C13H16Cl2N4. The Morgan fingerprint density at radius 2 is 2.05 bits per heavy atom. The molecule has 4 nitrogen and oxygen atoms in total. The highest BCUT2D eigenvalue weighted by atomic mass is 35.5. The fraction of sp³-hybridized carbons (Fsp3) is 0.308. The van der Waals surface area contributed by atoms with Crippen molar-refractivity contribution >= 4 is 23.2 Å². The summed E-state index contributed by atoms with van der Waals surface area (Å²) in [6.45, 7) is 4.08. The van der Waals surface area contributed by atoms with Crippen molar-refractivity contribution in [1.82, 2.24) is 15.2 Å². The molecule has 102 valence electrons. The zero-order valence-corrected chi connectivity index (χ0v) is 12.3. The number of benzene rings is 1. The Balaban J connectivity index is 2.51. The monoisotopic (exact) mass is 298 g/mol. The molecule has 1 aromatic carbocycles. The number of halogens is 2. The molecule has 0 aliphatic heterocycles. The molecule has 2 rings (SSSR count). The molecule has 19 heavy (non-hydrogen) atoms. The van der Waals surface area contributed by atoms with E-state index in [-0.39, 0.29) is 12.1 Å². The molecule has 0 bridgehead atoms. The van der Waals surface area contributed by atoms with Gasteiger partial charge >= 0.3 is 0 Å². The van der Waals surface area contributed by atoms with Crippen LogP contribution >= 0.6 is 23.2 Å². The summed E-state index contributed by atoms with van der Waals surface area (Å²) in [5, 5.41) is 5.53. The summed E-state index contributed by atoms with van der Waals surface area (Å²) >= 11 is 12.3. The predicted octanol–water partition coefficient (Wildman–Crippen LogP) is 3.32. The first-order valence-corrected chi connectivity index (χ1v) is 6.74. The summed E-state index contributed by atoms with van der Waals surface area (Å²) in [5.41, 5.74) is 4.56. The average molecular weight is 299 g/mol. The molecule has 6 heteroatoms. The number of aromatic nitrogens is 2. The lowest BCUT2D eigenvalue weighted by Crippen LogP contribution is -2.31. The summed E-state index contributed by atoms with van der Waals surface area (Å²) in [6.07, 6.45) is 1.63. The van der Waals surface area contributed by atoms with Crippen molar-refractivity contribution in [3.63, 3.8) is 0 Å². The first-order valence-electron chi connectivity index (χ1n) is 5.99. The third-order valence-electron chi connectivity index (χ3n) is 2.90. The summed E-state index contributed by atoms with van der Waals surface area (Å²) in [7, 11) is 0. The van der Waals surface area contributed by atoms with E-state index < -0.39 is 0 Å². The Morgan fingerprint density at radius 3 is 2.63 bits per heavy atom. The maximum Gasteiger partial charge on any atom is 0.0894 e. The number of hydrazine groups is 1. The van der Waals surface area contributed by atoms with Crippen molar-refractivity contribution in [2.24, 2.45) is 5.84 Å². The third-order valence-corrected chi connectivity index (χ3v) is 3.42. The zero-order valence-electron chi connectivity index (χ0n) is 10.8. The Labute approximate surface area is 122 Å². The van der Waals surface area contributed by atoms with Crippen LogP contribution < -0.4 is 11.3 Å². The second kappa shape index (κ2) is 5.92. The van der Waals surface area contributed by atoms with E-state index in [0.29, 0.717) is 10.0 Å². The van der Waals surface area contributed by atoms with Gasteiger partial charge in [-0.15, -0.1) is 0 Å². The quantitative estimate of drug-likeness (QED) is 0.672. The topological polar surface area (TPSA) is 55.9 Å². The predicted molar refractivity (Wildman–Crippen MR) is 78.2 cm³/mol. The van der Waals surface area contributed by atoms with Gasteiger partial charge in [-0.05, 0) is 31.5 Å². The van der Waals surface area contributed by atoms with Gasteiger partial charge in [0.15, 0.2) is 0 Å². The molecule has 1 aromatic heterocycles. The van der Waals surface area contributed by atoms with E-state index in [9.17, 15) is 0 Å². The normalized spacial score (nSPS) is 12.9. The van der Waals surface area contributed by atoms with E-state index in [1.165, 1.54) is 0 Å². The maximum atomic E-state index is 6.24. The number of nitrogens with two attached hydrogens (primary N) is 1. The van der Waals surface area contributed by atoms with Crippen LogP contribution in [0.4, 0.5) is 0 Å². The highest BCUT2D eigenvalue weighted by Gasteiger charge is 2.22.